The molecule has 1 aromatic carbocycles. The topological polar surface area (TPSA) is 86.2 Å². The number of hydrogen-bond donors (Lipinski definition) is 2. The monoisotopic (exact) mass is 386 g/mol. The van der Waals surface area contributed by atoms with Gasteiger partial charge in [0.2, 0.25) is 0 Å². The van der Waals surface area contributed by atoms with Crippen molar-refractivity contribution in [2.75, 3.05) is 12.3 Å². The SMILES string of the molecule is CCOCc1nc2c(N)nc3ccccc3c2n1CC(C)(C)O.Cl.Cl. The van der Waals surface area contributed by atoms with Gasteiger partial charge in [-0.2, -0.15) is 0 Å². The number of aliphatic hydroxyl groups is 1. The third kappa shape index (κ3) is 4.33. The average molecular weight is 387 g/mol. The molecule has 138 valence electrons. The predicted octanol–water partition coefficient (Wildman–Crippen LogP) is 3.32. The number of aromatic nitrogens is 3. The van der Waals surface area contributed by atoms with Crippen molar-refractivity contribution in [3.8, 4) is 0 Å². The van der Waals surface area contributed by atoms with Crippen LogP contribution in [0.2, 0.25) is 0 Å². The molecule has 0 fully saturated rings. The predicted molar refractivity (Wildman–Crippen MR) is 106 cm³/mol. The van der Waals surface area contributed by atoms with Gasteiger partial charge in [0.05, 0.1) is 23.2 Å². The van der Waals surface area contributed by atoms with E-state index < -0.39 is 5.60 Å². The van der Waals surface area contributed by atoms with Crippen LogP contribution in [0.25, 0.3) is 21.9 Å². The molecule has 2 aromatic heterocycles. The van der Waals surface area contributed by atoms with E-state index >= 15 is 0 Å². The number of imidazole rings is 1. The Morgan fingerprint density at radius 3 is 2.52 bits per heavy atom. The second-order valence-corrected chi connectivity index (χ2v) is 6.28. The van der Waals surface area contributed by atoms with Crippen LogP contribution in [0.3, 0.4) is 0 Å². The molecule has 0 aliphatic rings. The minimum Gasteiger partial charge on any atom is -0.389 e. The highest BCUT2D eigenvalue weighted by molar-refractivity contribution is 6.06. The van der Waals surface area contributed by atoms with Crippen molar-refractivity contribution in [1.82, 2.24) is 14.5 Å². The van der Waals surface area contributed by atoms with Crippen LogP contribution in [0.4, 0.5) is 5.82 Å². The molecule has 2 heterocycles. The molecule has 0 saturated heterocycles. The second-order valence-electron chi connectivity index (χ2n) is 6.28. The Balaban J connectivity index is 0.00000156. The summed E-state index contributed by atoms with van der Waals surface area (Å²) in [5, 5.41) is 11.3. The zero-order valence-corrected chi connectivity index (χ0v) is 16.2. The lowest BCUT2D eigenvalue weighted by Crippen LogP contribution is -2.27. The summed E-state index contributed by atoms with van der Waals surface area (Å²) in [6.07, 6.45) is 0. The Labute approximate surface area is 159 Å². The van der Waals surface area contributed by atoms with Crippen LogP contribution in [0.15, 0.2) is 24.3 Å². The largest absolute Gasteiger partial charge is 0.389 e. The molecule has 0 aliphatic carbocycles. The summed E-state index contributed by atoms with van der Waals surface area (Å²) in [6.45, 7) is 6.86. The fraction of sp³-hybridized carbons (Fsp3) is 0.412. The van der Waals surface area contributed by atoms with Crippen molar-refractivity contribution in [2.24, 2.45) is 0 Å². The van der Waals surface area contributed by atoms with E-state index in [-0.39, 0.29) is 24.8 Å². The number of pyridine rings is 1. The van der Waals surface area contributed by atoms with Gasteiger partial charge in [-0.15, -0.1) is 24.8 Å². The first-order valence-electron chi connectivity index (χ1n) is 7.74. The molecular weight excluding hydrogens is 363 g/mol. The van der Waals surface area contributed by atoms with E-state index in [4.69, 9.17) is 10.5 Å². The molecular formula is C17H24Cl2N4O2. The second kappa shape index (κ2) is 8.19. The lowest BCUT2D eigenvalue weighted by Gasteiger charge is -2.20. The van der Waals surface area contributed by atoms with E-state index in [0.717, 1.165) is 22.2 Å². The normalized spacial score (nSPS) is 11.4. The molecule has 3 rings (SSSR count). The van der Waals surface area contributed by atoms with Gasteiger partial charge in [0.25, 0.3) is 0 Å². The number of anilines is 1. The highest BCUT2D eigenvalue weighted by Gasteiger charge is 2.22. The van der Waals surface area contributed by atoms with E-state index in [1.54, 1.807) is 13.8 Å². The molecule has 0 amide bonds. The molecule has 0 saturated carbocycles. The molecule has 0 bridgehead atoms. The van der Waals surface area contributed by atoms with Gasteiger partial charge in [-0.1, -0.05) is 18.2 Å². The van der Waals surface area contributed by atoms with Gasteiger partial charge in [-0.3, -0.25) is 0 Å². The summed E-state index contributed by atoms with van der Waals surface area (Å²) in [5.74, 6) is 1.14. The Kier molecular flexibility index (Phi) is 7.02. The minimum absolute atomic E-state index is 0. The Hall–Kier alpha value is -1.60. The van der Waals surface area contributed by atoms with E-state index in [1.165, 1.54) is 0 Å². The van der Waals surface area contributed by atoms with Gasteiger partial charge in [-0.25, -0.2) is 9.97 Å². The number of nitrogen functional groups attached to an aromatic ring is 1. The number of hydrogen-bond acceptors (Lipinski definition) is 5. The van der Waals surface area contributed by atoms with Crippen molar-refractivity contribution in [3.05, 3.63) is 30.1 Å². The summed E-state index contributed by atoms with van der Waals surface area (Å²) in [6, 6.07) is 7.81. The molecule has 0 radical (unpaired) electrons. The quantitative estimate of drug-likeness (QED) is 0.702. The molecule has 0 unspecified atom stereocenters. The maximum absolute atomic E-state index is 10.3. The lowest BCUT2D eigenvalue weighted by atomic mass is 10.1. The Bertz CT molecular complexity index is 859. The molecule has 0 atom stereocenters. The third-order valence-corrected chi connectivity index (χ3v) is 3.67. The zero-order valence-electron chi connectivity index (χ0n) is 14.5. The summed E-state index contributed by atoms with van der Waals surface area (Å²) < 4.78 is 7.52. The number of ether oxygens (including phenoxy) is 1. The van der Waals surface area contributed by atoms with Gasteiger partial charge in [-0.05, 0) is 26.8 Å². The summed E-state index contributed by atoms with van der Waals surface area (Å²) in [5.41, 5.74) is 7.59. The van der Waals surface area contributed by atoms with E-state index in [1.807, 2.05) is 35.8 Å². The standard InChI is InChI=1S/C17H22N4O2.2ClH/c1-4-23-9-13-20-14-15(21(13)10-17(2,3)22)11-7-5-6-8-12(11)19-16(14)18;;/h5-8,22H,4,9-10H2,1-3H3,(H2,18,19);2*1H. The summed E-state index contributed by atoms with van der Waals surface area (Å²) in [4.78, 5) is 9.06. The maximum atomic E-state index is 10.3. The van der Waals surface area contributed by atoms with Crippen LogP contribution in [0, 0.1) is 0 Å². The highest BCUT2D eigenvalue weighted by atomic mass is 35.5. The molecule has 0 aliphatic heterocycles. The smallest absolute Gasteiger partial charge is 0.152 e. The van der Waals surface area contributed by atoms with Gasteiger partial charge in [0.1, 0.15) is 17.9 Å². The molecule has 8 heteroatoms. The van der Waals surface area contributed by atoms with Crippen LogP contribution in [-0.4, -0.2) is 31.8 Å². The van der Waals surface area contributed by atoms with Gasteiger partial charge in [0, 0.05) is 12.0 Å². The van der Waals surface area contributed by atoms with Crippen LogP contribution in [0.1, 0.15) is 26.6 Å². The Morgan fingerprint density at radius 2 is 1.88 bits per heavy atom. The molecule has 3 N–H and O–H groups in total. The number of nitrogens with two attached hydrogens (primary N) is 1. The fourth-order valence-electron chi connectivity index (χ4n) is 2.77. The van der Waals surface area contributed by atoms with Crippen LogP contribution in [-0.2, 0) is 17.9 Å². The number of fused-ring (bicyclic) bond motifs is 3. The van der Waals surface area contributed by atoms with Crippen molar-refractivity contribution in [1.29, 1.82) is 0 Å². The molecule has 0 spiro atoms. The Morgan fingerprint density at radius 1 is 1.20 bits per heavy atom. The third-order valence-electron chi connectivity index (χ3n) is 3.67. The number of halogens is 2. The van der Waals surface area contributed by atoms with Crippen LogP contribution >= 0.6 is 24.8 Å². The average Bonchev–Trinajstić information content (AvgIpc) is 2.83. The highest BCUT2D eigenvalue weighted by Crippen LogP contribution is 2.30. The van der Waals surface area contributed by atoms with Crippen molar-refractivity contribution < 1.29 is 9.84 Å². The minimum atomic E-state index is -0.881. The molecule has 6 nitrogen and oxygen atoms in total. The number of rotatable bonds is 5. The first-order valence-corrected chi connectivity index (χ1v) is 7.74. The number of para-hydroxylation sites is 1. The van der Waals surface area contributed by atoms with Gasteiger partial charge >= 0.3 is 0 Å². The summed E-state index contributed by atoms with van der Waals surface area (Å²) in [7, 11) is 0. The first kappa shape index (κ1) is 21.4. The number of nitrogens with zero attached hydrogens (tertiary/aromatic N) is 3. The van der Waals surface area contributed by atoms with E-state index in [9.17, 15) is 5.11 Å². The van der Waals surface area contributed by atoms with Crippen LogP contribution in [0.5, 0.6) is 0 Å². The maximum Gasteiger partial charge on any atom is 0.152 e. The first-order chi connectivity index (χ1) is 10.9. The molecule has 3 aromatic rings. The lowest BCUT2D eigenvalue weighted by molar-refractivity contribution is 0.0582. The van der Waals surface area contributed by atoms with E-state index in [0.29, 0.717) is 31.1 Å². The zero-order chi connectivity index (χ0) is 16.6. The van der Waals surface area contributed by atoms with E-state index in [2.05, 4.69) is 9.97 Å². The van der Waals surface area contributed by atoms with Crippen molar-refractivity contribution in [3.63, 3.8) is 0 Å². The van der Waals surface area contributed by atoms with Gasteiger partial charge in [0.15, 0.2) is 5.82 Å². The fourth-order valence-corrected chi connectivity index (χ4v) is 2.77. The van der Waals surface area contributed by atoms with Crippen molar-refractivity contribution in [2.45, 2.75) is 39.5 Å². The van der Waals surface area contributed by atoms with Gasteiger partial charge < -0.3 is 20.1 Å². The molecule has 25 heavy (non-hydrogen) atoms. The van der Waals surface area contributed by atoms with Crippen molar-refractivity contribution >= 4 is 52.6 Å². The summed E-state index contributed by atoms with van der Waals surface area (Å²) >= 11 is 0. The number of benzene rings is 1. The van der Waals surface area contributed by atoms with Crippen LogP contribution < -0.4 is 5.73 Å².